The first-order valence-electron chi connectivity index (χ1n) is 15.1. The quantitative estimate of drug-likeness (QED) is 0.285. The van der Waals surface area contributed by atoms with Crippen molar-refractivity contribution in [1.29, 1.82) is 0 Å². The van der Waals surface area contributed by atoms with E-state index in [-0.39, 0.29) is 11.5 Å². The average molecular weight is 546 g/mol. The molecule has 5 aliphatic rings. The summed E-state index contributed by atoms with van der Waals surface area (Å²) in [5.41, 5.74) is 2.50. The summed E-state index contributed by atoms with van der Waals surface area (Å²) in [6.45, 7) is 5.44. The summed E-state index contributed by atoms with van der Waals surface area (Å²) < 4.78 is 29.3. The number of hydrogen-bond acceptors (Lipinski definition) is 6. The van der Waals surface area contributed by atoms with E-state index in [1.165, 1.54) is 44.1 Å². The van der Waals surface area contributed by atoms with Gasteiger partial charge < -0.3 is 23.7 Å². The SMILES string of the molecule is CCOC(OC)Oc1ccc(C#CC2COCCN2CCOc2ccccc2)cc1C12CC3CC(CC(C3)C1)C2. The Labute approximate surface area is 239 Å². The van der Waals surface area contributed by atoms with Crippen molar-refractivity contribution in [3.05, 3.63) is 59.7 Å². The highest BCUT2D eigenvalue weighted by Gasteiger charge is 2.52. The molecule has 0 spiro atoms. The highest BCUT2D eigenvalue weighted by atomic mass is 16.8. The summed E-state index contributed by atoms with van der Waals surface area (Å²) in [5, 5.41) is 0. The molecule has 7 rings (SSSR count). The maximum atomic E-state index is 6.34. The molecule has 40 heavy (non-hydrogen) atoms. The second kappa shape index (κ2) is 12.5. The van der Waals surface area contributed by atoms with Gasteiger partial charge in [-0.25, -0.2) is 0 Å². The minimum Gasteiger partial charge on any atom is -0.492 e. The van der Waals surface area contributed by atoms with E-state index < -0.39 is 6.48 Å². The molecule has 1 aliphatic heterocycles. The second-order valence-corrected chi connectivity index (χ2v) is 12.1. The van der Waals surface area contributed by atoms with E-state index in [0.717, 1.165) is 54.5 Å². The van der Waals surface area contributed by atoms with Gasteiger partial charge in [0.1, 0.15) is 18.1 Å². The van der Waals surface area contributed by atoms with Crippen LogP contribution in [0.2, 0.25) is 0 Å². The molecule has 2 aromatic carbocycles. The monoisotopic (exact) mass is 545 g/mol. The van der Waals surface area contributed by atoms with E-state index in [0.29, 0.717) is 19.8 Å². The van der Waals surface area contributed by atoms with Crippen LogP contribution >= 0.6 is 0 Å². The lowest BCUT2D eigenvalue weighted by Gasteiger charge is -2.57. The number of morpholine rings is 1. The van der Waals surface area contributed by atoms with Crippen LogP contribution in [-0.4, -0.2) is 64.0 Å². The maximum absolute atomic E-state index is 6.34. The predicted octanol–water partition coefficient (Wildman–Crippen LogP) is 5.63. The van der Waals surface area contributed by atoms with Gasteiger partial charge in [-0.2, -0.15) is 0 Å². The van der Waals surface area contributed by atoms with E-state index in [9.17, 15) is 0 Å². The molecular weight excluding hydrogens is 502 g/mol. The minimum absolute atomic E-state index is 0.0443. The molecule has 4 aliphatic carbocycles. The van der Waals surface area contributed by atoms with Gasteiger partial charge in [-0.15, -0.1) is 0 Å². The van der Waals surface area contributed by atoms with Crippen LogP contribution in [0.4, 0.5) is 0 Å². The number of hydrogen-bond donors (Lipinski definition) is 0. The molecule has 0 radical (unpaired) electrons. The Morgan fingerprint density at radius 2 is 1.77 bits per heavy atom. The van der Waals surface area contributed by atoms with E-state index >= 15 is 0 Å². The fourth-order valence-electron chi connectivity index (χ4n) is 7.96. The molecule has 1 heterocycles. The van der Waals surface area contributed by atoms with Crippen molar-refractivity contribution in [2.24, 2.45) is 17.8 Å². The van der Waals surface area contributed by atoms with Crippen LogP contribution < -0.4 is 9.47 Å². The van der Waals surface area contributed by atoms with Gasteiger partial charge >= 0.3 is 6.48 Å². The third kappa shape index (κ3) is 6.19. The predicted molar refractivity (Wildman–Crippen MR) is 154 cm³/mol. The zero-order valence-corrected chi connectivity index (χ0v) is 24.0. The highest BCUT2D eigenvalue weighted by Crippen LogP contribution is 2.62. The van der Waals surface area contributed by atoms with Crippen molar-refractivity contribution in [3.8, 4) is 23.3 Å². The molecule has 4 bridgehead atoms. The molecule has 6 nitrogen and oxygen atoms in total. The van der Waals surface area contributed by atoms with Gasteiger partial charge in [0, 0.05) is 31.3 Å². The number of methoxy groups -OCH3 is 1. The second-order valence-electron chi connectivity index (χ2n) is 12.1. The molecule has 0 aromatic heterocycles. The maximum Gasteiger partial charge on any atom is 0.315 e. The fraction of sp³-hybridized carbons (Fsp3) is 0.588. The minimum atomic E-state index is -0.708. The van der Waals surface area contributed by atoms with Crippen LogP contribution in [0.5, 0.6) is 11.5 Å². The Morgan fingerprint density at radius 3 is 2.48 bits per heavy atom. The smallest absolute Gasteiger partial charge is 0.315 e. The summed E-state index contributed by atoms with van der Waals surface area (Å²) in [7, 11) is 1.63. The lowest BCUT2D eigenvalue weighted by molar-refractivity contribution is -0.231. The van der Waals surface area contributed by atoms with Crippen molar-refractivity contribution in [2.75, 3.05) is 46.6 Å². The van der Waals surface area contributed by atoms with E-state index in [2.05, 4.69) is 34.9 Å². The Hall–Kier alpha value is -2.56. The highest BCUT2D eigenvalue weighted by molar-refractivity contribution is 5.49. The van der Waals surface area contributed by atoms with Crippen molar-refractivity contribution in [3.63, 3.8) is 0 Å². The third-order valence-corrected chi connectivity index (χ3v) is 9.32. The summed E-state index contributed by atoms with van der Waals surface area (Å²) in [4.78, 5) is 2.38. The largest absolute Gasteiger partial charge is 0.492 e. The molecule has 1 saturated heterocycles. The summed E-state index contributed by atoms with van der Waals surface area (Å²) in [5.74, 6) is 11.3. The van der Waals surface area contributed by atoms with Crippen molar-refractivity contribution in [1.82, 2.24) is 4.90 Å². The zero-order chi connectivity index (χ0) is 27.4. The fourth-order valence-corrected chi connectivity index (χ4v) is 7.96. The standard InChI is InChI=1S/C34H43NO5/c1-3-38-33(36-2)40-32-12-10-25(20-31(32)34-21-26-17-27(22-34)19-28(18-26)23-34)9-11-29-24-37-15-13-35(29)14-16-39-30-7-5-4-6-8-30/h4-8,10,12,20,26-29,33H,3,13-19,21-24H2,1-2H3. The summed E-state index contributed by atoms with van der Waals surface area (Å²) >= 11 is 0. The van der Waals surface area contributed by atoms with Crippen LogP contribution in [0.1, 0.15) is 56.6 Å². The molecule has 5 fully saturated rings. The normalized spacial score (nSPS) is 29.9. The number of rotatable bonds is 10. The van der Waals surface area contributed by atoms with E-state index in [1.54, 1.807) is 7.11 Å². The number of nitrogens with zero attached hydrogens (tertiary/aromatic N) is 1. The van der Waals surface area contributed by atoms with E-state index in [4.69, 9.17) is 23.7 Å². The van der Waals surface area contributed by atoms with Crippen molar-refractivity contribution >= 4 is 0 Å². The lowest BCUT2D eigenvalue weighted by Crippen LogP contribution is -2.48. The molecule has 6 heteroatoms. The third-order valence-electron chi connectivity index (χ3n) is 9.32. The van der Waals surface area contributed by atoms with Crippen LogP contribution in [0.25, 0.3) is 0 Å². The Bertz CT molecular complexity index is 1150. The Morgan fingerprint density at radius 1 is 1.02 bits per heavy atom. The first-order chi connectivity index (χ1) is 19.6. The first-order valence-corrected chi connectivity index (χ1v) is 15.1. The number of ether oxygens (including phenoxy) is 5. The molecular formula is C34H43NO5. The molecule has 2 unspecified atom stereocenters. The lowest BCUT2D eigenvalue weighted by atomic mass is 9.48. The summed E-state index contributed by atoms with van der Waals surface area (Å²) in [6.07, 6.45) is 7.97. The van der Waals surface area contributed by atoms with Gasteiger partial charge in [0.25, 0.3) is 0 Å². The zero-order valence-electron chi connectivity index (χ0n) is 24.0. The number of benzene rings is 2. The van der Waals surface area contributed by atoms with Gasteiger partial charge in [-0.05, 0) is 98.9 Å². The molecule has 2 aromatic rings. The molecule has 214 valence electrons. The topological polar surface area (TPSA) is 49.4 Å². The Kier molecular flexibility index (Phi) is 8.65. The average Bonchev–Trinajstić information content (AvgIpc) is 2.97. The number of para-hydroxylation sites is 1. The Balaban J connectivity index is 1.22. The first kappa shape index (κ1) is 27.6. The van der Waals surface area contributed by atoms with Gasteiger partial charge in [0.2, 0.25) is 0 Å². The summed E-state index contributed by atoms with van der Waals surface area (Å²) in [6, 6.07) is 16.5. The van der Waals surface area contributed by atoms with Gasteiger partial charge in [-0.1, -0.05) is 30.0 Å². The molecule has 0 N–H and O–H groups in total. The molecule has 4 saturated carbocycles. The van der Waals surface area contributed by atoms with Crippen molar-refractivity contribution < 1.29 is 23.7 Å². The molecule has 2 atom stereocenters. The van der Waals surface area contributed by atoms with Gasteiger partial charge in [0.15, 0.2) is 0 Å². The van der Waals surface area contributed by atoms with Crippen LogP contribution in [0.3, 0.4) is 0 Å². The van der Waals surface area contributed by atoms with Crippen LogP contribution in [-0.2, 0) is 19.6 Å². The van der Waals surface area contributed by atoms with Crippen molar-refractivity contribution in [2.45, 2.75) is 63.4 Å². The van der Waals surface area contributed by atoms with Crippen LogP contribution in [0, 0.1) is 29.6 Å². The van der Waals surface area contributed by atoms with Gasteiger partial charge in [0.05, 0.1) is 25.9 Å². The van der Waals surface area contributed by atoms with Gasteiger partial charge in [-0.3, -0.25) is 4.90 Å². The molecule has 0 amide bonds. The van der Waals surface area contributed by atoms with E-state index in [1.807, 2.05) is 37.3 Å². The van der Waals surface area contributed by atoms with Crippen LogP contribution in [0.15, 0.2) is 48.5 Å².